The third-order valence-corrected chi connectivity index (χ3v) is 3.62. The van der Waals surface area contributed by atoms with Crippen molar-refractivity contribution in [2.75, 3.05) is 19.6 Å². The van der Waals surface area contributed by atoms with Crippen molar-refractivity contribution in [3.8, 4) is 0 Å². The smallest absolute Gasteiger partial charge is 0.329 e. The van der Waals surface area contributed by atoms with Crippen LogP contribution in [0.3, 0.4) is 0 Å². The summed E-state index contributed by atoms with van der Waals surface area (Å²) in [5, 5.41) is 0. The topological polar surface area (TPSA) is 29.3 Å². The molecule has 1 aliphatic rings. The van der Waals surface area contributed by atoms with Gasteiger partial charge in [0.15, 0.2) is 0 Å². The molecule has 1 rings (SSSR count). The maximum absolute atomic E-state index is 12.8. The van der Waals surface area contributed by atoms with Crippen molar-refractivity contribution in [2.45, 2.75) is 51.2 Å². The van der Waals surface area contributed by atoms with Crippen molar-refractivity contribution in [1.82, 2.24) is 4.90 Å². The lowest BCUT2D eigenvalue weighted by Gasteiger charge is -2.31. The van der Waals surface area contributed by atoms with Crippen LogP contribution in [0.5, 0.6) is 0 Å². The number of rotatable bonds is 4. The molecule has 102 valence electrons. The second-order valence-corrected chi connectivity index (χ2v) is 4.91. The summed E-state index contributed by atoms with van der Waals surface area (Å²) in [4.78, 5) is 1.52. The Morgan fingerprint density at radius 3 is 2.53 bits per heavy atom. The van der Waals surface area contributed by atoms with Gasteiger partial charge >= 0.3 is 6.18 Å². The zero-order valence-electron chi connectivity index (χ0n) is 10.5. The highest BCUT2D eigenvalue weighted by Gasteiger charge is 2.42. The average Bonchev–Trinajstić information content (AvgIpc) is 2.44. The van der Waals surface area contributed by atoms with E-state index in [9.17, 15) is 13.2 Å². The molecule has 2 nitrogen and oxygen atoms in total. The van der Waals surface area contributed by atoms with Crippen molar-refractivity contribution in [3.63, 3.8) is 0 Å². The molecular weight excluding hydrogens is 229 g/mol. The quantitative estimate of drug-likeness (QED) is 0.833. The normalized spacial score (nSPS) is 25.6. The van der Waals surface area contributed by atoms with Gasteiger partial charge in [-0.2, -0.15) is 13.2 Å². The molecule has 0 aromatic carbocycles. The fourth-order valence-corrected chi connectivity index (χ4v) is 2.69. The average molecular weight is 252 g/mol. The van der Waals surface area contributed by atoms with Crippen molar-refractivity contribution in [1.29, 1.82) is 0 Å². The predicted octanol–water partition coefficient (Wildman–Crippen LogP) is 2.78. The highest BCUT2D eigenvalue weighted by molar-refractivity contribution is 4.82. The molecule has 1 heterocycles. The molecule has 0 amide bonds. The van der Waals surface area contributed by atoms with E-state index in [1.54, 1.807) is 0 Å². The molecule has 1 fully saturated rings. The van der Waals surface area contributed by atoms with Crippen molar-refractivity contribution in [2.24, 2.45) is 11.7 Å². The first kappa shape index (κ1) is 14.8. The highest BCUT2D eigenvalue weighted by atomic mass is 19.4. The van der Waals surface area contributed by atoms with E-state index in [-0.39, 0.29) is 6.54 Å². The van der Waals surface area contributed by atoms with E-state index in [1.807, 2.05) is 0 Å². The maximum Gasteiger partial charge on any atom is 0.405 e. The lowest BCUT2D eigenvalue weighted by molar-refractivity contribution is -0.180. The molecular formula is C12H23F3N2. The number of halogens is 3. The molecule has 1 aliphatic heterocycles. The molecule has 2 atom stereocenters. The number of nitrogens with zero attached hydrogens (tertiary/aromatic N) is 1. The SMILES string of the molecule is CCCC1CCCN(C(CN)C(F)(F)F)CC1. The van der Waals surface area contributed by atoms with E-state index in [0.29, 0.717) is 19.0 Å². The van der Waals surface area contributed by atoms with Gasteiger partial charge in [-0.25, -0.2) is 0 Å². The first-order valence-corrected chi connectivity index (χ1v) is 6.49. The first-order chi connectivity index (χ1) is 7.99. The number of nitrogens with two attached hydrogens (primary N) is 1. The molecule has 17 heavy (non-hydrogen) atoms. The molecule has 0 spiro atoms. The number of hydrogen-bond acceptors (Lipinski definition) is 2. The number of likely N-dealkylation sites (tertiary alicyclic amines) is 1. The molecule has 0 saturated carbocycles. The summed E-state index contributed by atoms with van der Waals surface area (Å²) in [7, 11) is 0. The van der Waals surface area contributed by atoms with Gasteiger partial charge in [-0.05, 0) is 38.3 Å². The van der Waals surface area contributed by atoms with E-state index in [4.69, 9.17) is 5.73 Å². The minimum Gasteiger partial charge on any atom is -0.329 e. The van der Waals surface area contributed by atoms with Gasteiger partial charge in [0.1, 0.15) is 6.04 Å². The van der Waals surface area contributed by atoms with Gasteiger partial charge < -0.3 is 5.73 Å². The summed E-state index contributed by atoms with van der Waals surface area (Å²) in [5.74, 6) is 0.594. The molecule has 5 heteroatoms. The molecule has 0 bridgehead atoms. The third kappa shape index (κ3) is 4.47. The Morgan fingerprint density at radius 2 is 2.00 bits per heavy atom. The lowest BCUT2D eigenvalue weighted by atomic mass is 9.96. The van der Waals surface area contributed by atoms with Gasteiger partial charge in [0.25, 0.3) is 0 Å². The maximum atomic E-state index is 12.8. The molecule has 0 aromatic rings. The van der Waals surface area contributed by atoms with Crippen LogP contribution in [0.15, 0.2) is 0 Å². The largest absolute Gasteiger partial charge is 0.405 e. The summed E-state index contributed by atoms with van der Waals surface area (Å²) in [6.45, 7) is 2.86. The number of alkyl halides is 3. The third-order valence-electron chi connectivity index (χ3n) is 3.62. The van der Waals surface area contributed by atoms with Crippen LogP contribution in [0.4, 0.5) is 13.2 Å². The van der Waals surface area contributed by atoms with E-state index < -0.39 is 12.2 Å². The molecule has 1 saturated heterocycles. The van der Waals surface area contributed by atoms with Crippen LogP contribution in [0.25, 0.3) is 0 Å². The van der Waals surface area contributed by atoms with Gasteiger partial charge in [-0.3, -0.25) is 4.90 Å². The zero-order valence-corrected chi connectivity index (χ0v) is 10.5. The minimum absolute atomic E-state index is 0.331. The predicted molar refractivity (Wildman–Crippen MR) is 62.7 cm³/mol. The van der Waals surface area contributed by atoms with Crippen LogP contribution >= 0.6 is 0 Å². The minimum atomic E-state index is -4.20. The van der Waals surface area contributed by atoms with E-state index in [2.05, 4.69) is 6.92 Å². The molecule has 2 N–H and O–H groups in total. The second kappa shape index (κ2) is 6.59. The number of hydrogen-bond donors (Lipinski definition) is 1. The molecule has 0 aliphatic carbocycles. The Labute approximate surface area is 101 Å². The Morgan fingerprint density at radius 1 is 1.29 bits per heavy atom. The van der Waals surface area contributed by atoms with Crippen molar-refractivity contribution >= 4 is 0 Å². The van der Waals surface area contributed by atoms with Crippen LogP contribution in [0, 0.1) is 5.92 Å². The standard InChI is InChI=1S/C12H23F3N2/c1-2-4-10-5-3-7-17(8-6-10)11(9-16)12(13,14)15/h10-11H,2-9,16H2,1H3. The first-order valence-electron chi connectivity index (χ1n) is 6.49. The monoisotopic (exact) mass is 252 g/mol. The summed E-state index contributed by atoms with van der Waals surface area (Å²) < 4.78 is 38.3. The van der Waals surface area contributed by atoms with Crippen molar-refractivity contribution in [3.05, 3.63) is 0 Å². The van der Waals surface area contributed by atoms with E-state index in [1.165, 1.54) is 4.90 Å². The Balaban J connectivity index is 2.55. The highest BCUT2D eigenvalue weighted by Crippen LogP contribution is 2.28. The molecule has 0 aromatic heterocycles. The Kier molecular flexibility index (Phi) is 5.73. The van der Waals surface area contributed by atoms with Crippen LogP contribution < -0.4 is 5.73 Å². The fraction of sp³-hybridized carbons (Fsp3) is 1.00. The van der Waals surface area contributed by atoms with E-state index >= 15 is 0 Å². The molecule has 2 unspecified atom stereocenters. The van der Waals surface area contributed by atoms with Crippen LogP contribution in [0.2, 0.25) is 0 Å². The zero-order chi connectivity index (χ0) is 12.9. The lowest BCUT2D eigenvalue weighted by Crippen LogP contribution is -2.50. The van der Waals surface area contributed by atoms with Crippen LogP contribution in [0.1, 0.15) is 39.0 Å². The fourth-order valence-electron chi connectivity index (χ4n) is 2.69. The van der Waals surface area contributed by atoms with E-state index in [0.717, 1.165) is 32.1 Å². The Bertz CT molecular complexity index is 218. The van der Waals surface area contributed by atoms with Gasteiger partial charge in [-0.15, -0.1) is 0 Å². The van der Waals surface area contributed by atoms with Crippen LogP contribution in [-0.2, 0) is 0 Å². The van der Waals surface area contributed by atoms with Gasteiger partial charge in [0.2, 0.25) is 0 Å². The van der Waals surface area contributed by atoms with Crippen molar-refractivity contribution < 1.29 is 13.2 Å². The summed E-state index contributed by atoms with van der Waals surface area (Å²) in [6.07, 6.45) is 0.841. The molecule has 0 radical (unpaired) electrons. The second-order valence-electron chi connectivity index (χ2n) is 4.91. The van der Waals surface area contributed by atoms with Gasteiger partial charge in [0.05, 0.1) is 0 Å². The summed E-state index contributed by atoms with van der Waals surface area (Å²) in [6, 6.07) is -1.46. The van der Waals surface area contributed by atoms with Crippen LogP contribution in [-0.4, -0.2) is 36.8 Å². The summed E-state index contributed by atoms with van der Waals surface area (Å²) in [5.41, 5.74) is 5.27. The van der Waals surface area contributed by atoms with Gasteiger partial charge in [-0.1, -0.05) is 19.8 Å². The Hall–Kier alpha value is -0.290. The van der Waals surface area contributed by atoms with Gasteiger partial charge in [0, 0.05) is 6.54 Å². The summed E-state index contributed by atoms with van der Waals surface area (Å²) >= 11 is 0.